The highest BCUT2D eigenvalue weighted by Crippen LogP contribution is 2.25. The van der Waals surface area contributed by atoms with Crippen molar-refractivity contribution in [3.05, 3.63) is 53.9 Å². The molecule has 8 nitrogen and oxygen atoms in total. The van der Waals surface area contributed by atoms with Gasteiger partial charge in [0.15, 0.2) is 0 Å². The van der Waals surface area contributed by atoms with E-state index in [0.717, 1.165) is 5.56 Å². The number of methoxy groups -OCH3 is 1. The molecule has 2 heterocycles. The van der Waals surface area contributed by atoms with Crippen LogP contribution in [0.4, 0.5) is 0 Å². The zero-order valence-electron chi connectivity index (χ0n) is 15.7. The van der Waals surface area contributed by atoms with Crippen molar-refractivity contribution in [2.75, 3.05) is 27.4 Å². The lowest BCUT2D eigenvalue weighted by atomic mass is 9.96. The van der Waals surface area contributed by atoms with Crippen LogP contribution in [0.15, 0.2) is 47.6 Å². The molecule has 1 aromatic heterocycles. The Labute approximate surface area is 164 Å². The van der Waals surface area contributed by atoms with Gasteiger partial charge in [-0.15, -0.1) is 0 Å². The maximum absolute atomic E-state index is 12.9. The Balaban J connectivity index is 1.80. The molecule has 2 aromatic rings. The number of rotatable bonds is 7. The van der Waals surface area contributed by atoms with Crippen LogP contribution in [0.2, 0.25) is 0 Å². The van der Waals surface area contributed by atoms with Crippen LogP contribution in [0.3, 0.4) is 0 Å². The first-order chi connectivity index (χ1) is 13.4. The fourth-order valence-electron chi connectivity index (χ4n) is 3.19. The highest BCUT2D eigenvalue weighted by Gasteiger charge is 2.32. The predicted molar refractivity (Wildman–Crippen MR) is 103 cm³/mol. The summed E-state index contributed by atoms with van der Waals surface area (Å²) in [5.41, 5.74) is 1.23. The molecule has 1 aliphatic rings. The monoisotopic (exact) mass is 405 g/mol. The molecular formula is C19H23N3O5S. The van der Waals surface area contributed by atoms with E-state index >= 15 is 0 Å². The highest BCUT2D eigenvalue weighted by molar-refractivity contribution is 7.89. The quantitative estimate of drug-likeness (QED) is 0.711. The number of nitrogens with zero attached hydrogens (tertiary/aromatic N) is 1. The third kappa shape index (κ3) is 4.49. The van der Waals surface area contributed by atoms with Crippen molar-refractivity contribution in [1.82, 2.24) is 15.0 Å². The van der Waals surface area contributed by atoms with E-state index in [1.54, 1.807) is 12.4 Å². The van der Waals surface area contributed by atoms with E-state index in [1.165, 1.54) is 32.4 Å². The molecule has 0 bridgehead atoms. The minimum Gasteiger partial charge on any atom is -0.496 e. The Morgan fingerprint density at radius 3 is 2.68 bits per heavy atom. The fraction of sp³-hybridized carbons (Fsp3) is 0.368. The summed E-state index contributed by atoms with van der Waals surface area (Å²) in [7, 11) is -0.939. The second-order valence-corrected chi connectivity index (χ2v) is 8.24. The van der Waals surface area contributed by atoms with Crippen LogP contribution >= 0.6 is 0 Å². The zero-order chi connectivity index (χ0) is 20.1. The van der Waals surface area contributed by atoms with Gasteiger partial charge in [-0.05, 0) is 42.3 Å². The number of ether oxygens (including phenoxy) is 2. The summed E-state index contributed by atoms with van der Waals surface area (Å²) < 4.78 is 39.2. The summed E-state index contributed by atoms with van der Waals surface area (Å²) in [6, 6.07) is 7.66. The van der Waals surface area contributed by atoms with Crippen molar-refractivity contribution in [2.24, 2.45) is 5.92 Å². The molecule has 0 radical (unpaired) electrons. The number of benzene rings is 1. The van der Waals surface area contributed by atoms with Crippen LogP contribution in [0.25, 0.3) is 0 Å². The third-order valence-electron chi connectivity index (χ3n) is 4.71. The molecule has 3 rings (SSSR count). The zero-order valence-corrected chi connectivity index (χ0v) is 16.5. The van der Waals surface area contributed by atoms with E-state index in [1.807, 2.05) is 12.1 Å². The van der Waals surface area contributed by atoms with Crippen LogP contribution < -0.4 is 14.8 Å². The van der Waals surface area contributed by atoms with E-state index in [4.69, 9.17) is 9.47 Å². The molecular weight excluding hydrogens is 382 g/mol. The predicted octanol–water partition coefficient (Wildman–Crippen LogP) is 0.986. The molecule has 1 aliphatic heterocycles. The van der Waals surface area contributed by atoms with Gasteiger partial charge in [-0.1, -0.05) is 0 Å². The van der Waals surface area contributed by atoms with Crippen molar-refractivity contribution < 1.29 is 22.7 Å². The Bertz CT molecular complexity index is 934. The first-order valence-electron chi connectivity index (χ1n) is 8.83. The van der Waals surface area contributed by atoms with Crippen molar-refractivity contribution in [1.29, 1.82) is 0 Å². The number of hydrogen-bond acceptors (Lipinski definition) is 6. The minimum atomic E-state index is -3.84. The number of hydrogen-bond donors (Lipinski definition) is 2. The molecule has 1 saturated heterocycles. The summed E-state index contributed by atoms with van der Waals surface area (Å²) >= 11 is 0. The topological polar surface area (TPSA) is 107 Å². The van der Waals surface area contributed by atoms with Crippen molar-refractivity contribution in [3.63, 3.8) is 0 Å². The van der Waals surface area contributed by atoms with Crippen LogP contribution in [-0.2, 0) is 21.2 Å². The Morgan fingerprint density at radius 2 is 2.00 bits per heavy atom. The summed E-state index contributed by atoms with van der Waals surface area (Å²) in [6.07, 6.45) is 4.10. The van der Waals surface area contributed by atoms with Crippen LogP contribution in [0, 0.1) is 5.92 Å². The molecule has 0 aliphatic carbocycles. The average Bonchev–Trinajstić information content (AvgIpc) is 3.13. The number of carbonyl (C=O) groups excluding carboxylic acids is 1. The van der Waals surface area contributed by atoms with Gasteiger partial charge in [0.2, 0.25) is 10.0 Å². The number of sulfonamides is 1. The van der Waals surface area contributed by atoms with Crippen LogP contribution in [-0.4, -0.2) is 52.7 Å². The molecule has 2 atom stereocenters. The Hall–Kier alpha value is -2.49. The number of pyridine rings is 1. The number of nitrogens with one attached hydrogen (secondary N) is 2. The van der Waals surface area contributed by atoms with E-state index in [0.29, 0.717) is 25.4 Å². The molecule has 2 N–H and O–H groups in total. The van der Waals surface area contributed by atoms with E-state index in [-0.39, 0.29) is 22.4 Å². The average molecular weight is 405 g/mol. The lowest BCUT2D eigenvalue weighted by Gasteiger charge is -2.19. The lowest BCUT2D eigenvalue weighted by molar-refractivity contribution is 0.0960. The van der Waals surface area contributed by atoms with Crippen molar-refractivity contribution in [3.8, 4) is 5.75 Å². The third-order valence-corrected chi connectivity index (χ3v) is 6.19. The Kier molecular flexibility index (Phi) is 6.28. The number of amides is 1. The smallest absolute Gasteiger partial charge is 0.254 e. The molecule has 0 unspecified atom stereocenters. The summed E-state index contributed by atoms with van der Waals surface area (Å²) in [5.74, 6) is -0.111. The molecule has 28 heavy (non-hydrogen) atoms. The normalized spacial score (nSPS) is 19.4. The lowest BCUT2D eigenvalue weighted by Crippen LogP contribution is -2.40. The van der Waals surface area contributed by atoms with Crippen LogP contribution in [0.1, 0.15) is 15.9 Å². The van der Waals surface area contributed by atoms with Gasteiger partial charge in [-0.25, -0.2) is 13.1 Å². The van der Waals surface area contributed by atoms with Gasteiger partial charge >= 0.3 is 0 Å². The summed E-state index contributed by atoms with van der Waals surface area (Å²) in [4.78, 5) is 16.0. The van der Waals surface area contributed by atoms with E-state index < -0.39 is 15.9 Å². The summed E-state index contributed by atoms with van der Waals surface area (Å²) in [5, 5.41) is 2.48. The maximum Gasteiger partial charge on any atom is 0.254 e. The van der Waals surface area contributed by atoms with E-state index in [2.05, 4.69) is 15.0 Å². The number of aromatic nitrogens is 1. The van der Waals surface area contributed by atoms with E-state index in [9.17, 15) is 13.2 Å². The molecule has 0 spiro atoms. The van der Waals surface area contributed by atoms with Gasteiger partial charge < -0.3 is 14.8 Å². The van der Waals surface area contributed by atoms with Gasteiger partial charge in [-0.3, -0.25) is 9.78 Å². The highest BCUT2D eigenvalue weighted by atomic mass is 32.2. The molecule has 0 saturated carbocycles. The number of carbonyl (C=O) groups is 1. The first kappa shape index (κ1) is 20.2. The molecule has 150 valence electrons. The van der Waals surface area contributed by atoms with Gasteiger partial charge in [0.05, 0.1) is 36.8 Å². The first-order valence-corrected chi connectivity index (χ1v) is 10.3. The van der Waals surface area contributed by atoms with Gasteiger partial charge in [0, 0.05) is 25.4 Å². The Morgan fingerprint density at radius 1 is 1.25 bits per heavy atom. The second kappa shape index (κ2) is 8.68. The van der Waals surface area contributed by atoms with Crippen molar-refractivity contribution >= 4 is 15.9 Å². The summed E-state index contributed by atoms with van der Waals surface area (Å²) in [6.45, 7) is 0.773. The van der Waals surface area contributed by atoms with Crippen molar-refractivity contribution in [2.45, 2.75) is 17.4 Å². The fourth-order valence-corrected chi connectivity index (χ4v) is 4.50. The van der Waals surface area contributed by atoms with Gasteiger partial charge in [-0.2, -0.15) is 0 Å². The standard InChI is InChI=1S/C19H23N3O5S/c1-20-19(23)16-10-15(3-4-18(16)26-2)28(24,25)22-17-12-27-11-14(17)9-13-5-7-21-8-6-13/h3-8,10,14,17,22H,9,11-12H2,1-2H3,(H,20,23)/t14-,17-/m1/s1. The van der Waals surface area contributed by atoms with Gasteiger partial charge in [0.1, 0.15) is 5.75 Å². The molecule has 1 fully saturated rings. The molecule has 9 heteroatoms. The molecule has 1 amide bonds. The molecule has 1 aromatic carbocycles. The van der Waals surface area contributed by atoms with Gasteiger partial charge in [0.25, 0.3) is 5.91 Å². The minimum absolute atomic E-state index is 0.00135. The maximum atomic E-state index is 12.9. The largest absolute Gasteiger partial charge is 0.496 e. The second-order valence-electron chi connectivity index (χ2n) is 6.53. The van der Waals surface area contributed by atoms with Crippen LogP contribution in [0.5, 0.6) is 5.75 Å². The SMILES string of the molecule is CNC(=O)c1cc(S(=O)(=O)N[C@@H]2COC[C@H]2Cc2ccncc2)ccc1OC.